The molecule has 0 saturated carbocycles. The summed E-state index contributed by atoms with van der Waals surface area (Å²) >= 11 is 0. The van der Waals surface area contributed by atoms with Crippen LogP contribution in [0, 0.1) is 0 Å². The molecule has 1 atom stereocenters. The Morgan fingerprint density at radius 1 is 1.39 bits per heavy atom. The highest BCUT2D eigenvalue weighted by Crippen LogP contribution is 2.31. The van der Waals surface area contributed by atoms with Gasteiger partial charge in [-0.05, 0) is 19.3 Å². The maximum atomic E-state index is 11.6. The summed E-state index contributed by atoms with van der Waals surface area (Å²) in [4.78, 5) is 2.37. The molecule has 2 aliphatic rings. The number of hydrogen-bond donors (Lipinski definition) is 1. The fraction of sp³-hybridized carbons (Fsp3) is 1.00. The first kappa shape index (κ1) is 14.2. The number of sulfone groups is 1. The molecular formula is C12H24N2O3S. The van der Waals surface area contributed by atoms with E-state index < -0.39 is 9.84 Å². The molecule has 2 N–H and O–H groups in total. The molecule has 2 aliphatic heterocycles. The summed E-state index contributed by atoms with van der Waals surface area (Å²) in [6.45, 7) is 5.14. The maximum absolute atomic E-state index is 11.6. The zero-order chi connectivity index (χ0) is 13.2. The summed E-state index contributed by atoms with van der Waals surface area (Å²) in [6, 6.07) is 0. The van der Waals surface area contributed by atoms with Crippen molar-refractivity contribution in [3.63, 3.8) is 0 Å². The average molecular weight is 276 g/mol. The third-order valence-corrected chi connectivity index (χ3v) is 6.05. The third kappa shape index (κ3) is 2.87. The van der Waals surface area contributed by atoms with Crippen LogP contribution >= 0.6 is 0 Å². The summed E-state index contributed by atoms with van der Waals surface area (Å²) in [5.41, 5.74) is 5.84. The highest BCUT2D eigenvalue weighted by Gasteiger charge is 2.42. The Kier molecular flexibility index (Phi) is 4.31. The molecule has 2 fully saturated rings. The minimum atomic E-state index is -2.84. The van der Waals surface area contributed by atoms with E-state index in [1.807, 2.05) is 0 Å². The van der Waals surface area contributed by atoms with Crippen LogP contribution in [0.2, 0.25) is 0 Å². The monoisotopic (exact) mass is 276 g/mol. The van der Waals surface area contributed by atoms with E-state index >= 15 is 0 Å². The summed E-state index contributed by atoms with van der Waals surface area (Å²) in [7, 11) is -2.84. The maximum Gasteiger partial charge on any atom is 0.150 e. The van der Waals surface area contributed by atoms with Gasteiger partial charge in [0.1, 0.15) is 9.84 Å². The van der Waals surface area contributed by atoms with Gasteiger partial charge in [0.25, 0.3) is 0 Å². The molecule has 0 amide bonds. The van der Waals surface area contributed by atoms with Crippen LogP contribution in [0.3, 0.4) is 0 Å². The fourth-order valence-corrected chi connectivity index (χ4v) is 4.55. The summed E-state index contributed by atoms with van der Waals surface area (Å²) in [6.07, 6.45) is 2.60. The summed E-state index contributed by atoms with van der Waals surface area (Å²) < 4.78 is 28.8. The highest BCUT2D eigenvalue weighted by atomic mass is 32.2. The van der Waals surface area contributed by atoms with E-state index in [4.69, 9.17) is 10.5 Å². The molecule has 0 aromatic rings. The van der Waals surface area contributed by atoms with Crippen LogP contribution in [-0.2, 0) is 14.6 Å². The van der Waals surface area contributed by atoms with E-state index in [1.165, 1.54) is 0 Å². The number of rotatable bonds is 3. The fourth-order valence-electron chi connectivity index (χ4n) is 2.96. The second-order valence-corrected chi connectivity index (χ2v) is 7.73. The Bertz CT molecular complexity index is 369. The molecule has 0 aromatic carbocycles. The summed E-state index contributed by atoms with van der Waals surface area (Å²) in [5, 5.41) is 0. The number of hydrogen-bond acceptors (Lipinski definition) is 5. The van der Waals surface area contributed by atoms with Crippen LogP contribution in [0.25, 0.3) is 0 Å². The lowest BCUT2D eigenvalue weighted by Gasteiger charge is -2.48. The topological polar surface area (TPSA) is 72.6 Å². The van der Waals surface area contributed by atoms with Gasteiger partial charge in [-0.1, -0.05) is 6.92 Å². The van der Waals surface area contributed by atoms with Gasteiger partial charge in [-0.2, -0.15) is 0 Å². The van der Waals surface area contributed by atoms with Crippen LogP contribution < -0.4 is 5.73 Å². The summed E-state index contributed by atoms with van der Waals surface area (Å²) in [5.74, 6) is 0.552. The van der Waals surface area contributed by atoms with Gasteiger partial charge >= 0.3 is 0 Å². The van der Waals surface area contributed by atoms with Crippen LogP contribution in [0.5, 0.6) is 0 Å². The van der Waals surface area contributed by atoms with E-state index in [0.29, 0.717) is 19.4 Å². The van der Waals surface area contributed by atoms with Crippen molar-refractivity contribution in [2.45, 2.75) is 37.8 Å². The molecule has 0 aliphatic carbocycles. The first-order valence-electron chi connectivity index (χ1n) is 6.78. The Balaban J connectivity index is 2.08. The van der Waals surface area contributed by atoms with Crippen molar-refractivity contribution in [3.05, 3.63) is 0 Å². The lowest BCUT2D eigenvalue weighted by atomic mass is 9.89. The number of morpholine rings is 1. The third-order valence-electron chi connectivity index (χ3n) is 4.40. The van der Waals surface area contributed by atoms with Crippen LogP contribution in [-0.4, -0.2) is 62.7 Å². The van der Waals surface area contributed by atoms with E-state index in [0.717, 1.165) is 26.1 Å². The van der Waals surface area contributed by atoms with E-state index in [1.54, 1.807) is 0 Å². The van der Waals surface area contributed by atoms with Gasteiger partial charge in [-0.3, -0.25) is 4.90 Å². The van der Waals surface area contributed by atoms with Gasteiger partial charge in [-0.25, -0.2) is 8.42 Å². The molecular weight excluding hydrogens is 252 g/mol. The first-order chi connectivity index (χ1) is 8.51. The molecule has 6 heteroatoms. The van der Waals surface area contributed by atoms with E-state index in [2.05, 4.69) is 11.8 Å². The number of nitrogens with zero attached hydrogens (tertiary/aromatic N) is 1. The van der Waals surface area contributed by atoms with Gasteiger partial charge < -0.3 is 10.5 Å². The molecule has 2 saturated heterocycles. The largest absolute Gasteiger partial charge is 0.376 e. The number of ether oxygens (including phenoxy) is 1. The average Bonchev–Trinajstić information content (AvgIpc) is 2.39. The molecule has 0 radical (unpaired) electrons. The molecule has 106 valence electrons. The van der Waals surface area contributed by atoms with Gasteiger partial charge in [0.05, 0.1) is 24.2 Å². The van der Waals surface area contributed by atoms with Crippen molar-refractivity contribution in [2.24, 2.45) is 5.73 Å². The van der Waals surface area contributed by atoms with Crippen LogP contribution in [0.4, 0.5) is 0 Å². The van der Waals surface area contributed by atoms with Gasteiger partial charge in [0, 0.05) is 25.2 Å². The number of nitrogens with two attached hydrogens (primary N) is 1. The van der Waals surface area contributed by atoms with Crippen molar-refractivity contribution in [2.75, 3.05) is 37.7 Å². The molecule has 0 bridgehead atoms. The second-order valence-electron chi connectivity index (χ2n) is 5.43. The Morgan fingerprint density at radius 2 is 2.06 bits per heavy atom. The normalized spacial score (nSPS) is 32.2. The van der Waals surface area contributed by atoms with Crippen molar-refractivity contribution >= 4 is 9.84 Å². The Labute approximate surface area is 110 Å². The van der Waals surface area contributed by atoms with Crippen molar-refractivity contribution in [1.82, 2.24) is 4.90 Å². The zero-order valence-corrected chi connectivity index (χ0v) is 11.9. The Hall–Kier alpha value is -0.170. The predicted octanol–water partition coefficient (Wildman–Crippen LogP) is 0.00330. The van der Waals surface area contributed by atoms with E-state index in [9.17, 15) is 8.42 Å². The zero-order valence-electron chi connectivity index (χ0n) is 11.1. The lowest BCUT2D eigenvalue weighted by molar-refractivity contribution is -0.0716. The SMILES string of the molecule is CCC1CN(C2(CN)CCS(=O)(=O)CC2)CCO1. The molecule has 5 nitrogen and oxygen atoms in total. The van der Waals surface area contributed by atoms with Crippen molar-refractivity contribution in [3.8, 4) is 0 Å². The molecule has 2 rings (SSSR count). The van der Waals surface area contributed by atoms with Gasteiger partial charge in [0.2, 0.25) is 0 Å². The minimum Gasteiger partial charge on any atom is -0.376 e. The first-order valence-corrected chi connectivity index (χ1v) is 8.61. The van der Waals surface area contributed by atoms with Crippen molar-refractivity contribution in [1.29, 1.82) is 0 Å². The lowest BCUT2D eigenvalue weighted by Crippen LogP contribution is -2.61. The minimum absolute atomic E-state index is 0.122. The standard InChI is InChI=1S/C12H24N2O3S/c1-2-11-9-14(5-6-17-11)12(10-13)3-7-18(15,16)8-4-12/h11H,2-10,13H2,1H3. The quantitative estimate of drug-likeness (QED) is 0.786. The smallest absolute Gasteiger partial charge is 0.150 e. The van der Waals surface area contributed by atoms with Crippen molar-refractivity contribution < 1.29 is 13.2 Å². The highest BCUT2D eigenvalue weighted by molar-refractivity contribution is 7.91. The molecule has 0 spiro atoms. The molecule has 0 aromatic heterocycles. The van der Waals surface area contributed by atoms with Crippen LogP contribution in [0.1, 0.15) is 26.2 Å². The molecule has 1 unspecified atom stereocenters. The molecule has 18 heavy (non-hydrogen) atoms. The second kappa shape index (κ2) is 5.45. The van der Waals surface area contributed by atoms with E-state index in [-0.39, 0.29) is 23.1 Å². The van der Waals surface area contributed by atoms with Gasteiger partial charge in [-0.15, -0.1) is 0 Å². The van der Waals surface area contributed by atoms with Crippen LogP contribution in [0.15, 0.2) is 0 Å². The Morgan fingerprint density at radius 3 is 2.61 bits per heavy atom. The molecule has 2 heterocycles. The predicted molar refractivity (Wildman–Crippen MR) is 71.3 cm³/mol. The van der Waals surface area contributed by atoms with Gasteiger partial charge in [0.15, 0.2) is 0 Å².